The number of nitrogens with two attached hydrogens (primary N) is 2. The summed E-state index contributed by atoms with van der Waals surface area (Å²) in [6.45, 7) is 8.33. The molecule has 4 aromatic rings. The Kier molecular flexibility index (Phi) is 13.0. The number of anilines is 3. The number of amides is 1. The number of nitrogens with one attached hydrogen (secondary N) is 1. The molecule has 0 saturated carbocycles. The third kappa shape index (κ3) is 9.72. The Morgan fingerprint density at radius 1 is 1.02 bits per heavy atom. The lowest BCUT2D eigenvalue weighted by atomic mass is 10.2. The lowest BCUT2D eigenvalue weighted by Gasteiger charge is -2.21. The number of carbonyl (C=O) groups is 2. The van der Waals surface area contributed by atoms with Gasteiger partial charge in [-0.25, -0.2) is 14.8 Å². The number of benzene rings is 2. The van der Waals surface area contributed by atoms with Gasteiger partial charge in [-0.3, -0.25) is 4.79 Å². The van der Waals surface area contributed by atoms with Crippen molar-refractivity contribution in [2.75, 3.05) is 42.7 Å². The Morgan fingerprint density at radius 3 is 2.41 bits per heavy atom. The average molecular weight is 623 g/mol. The molecule has 13 nitrogen and oxygen atoms in total. The lowest BCUT2D eigenvalue weighted by Crippen LogP contribution is -2.28. The first kappa shape index (κ1) is 33.9. The van der Waals surface area contributed by atoms with Gasteiger partial charge < -0.3 is 35.5 Å². The molecule has 2 aromatic carbocycles. The van der Waals surface area contributed by atoms with Crippen LogP contribution in [0.3, 0.4) is 0 Å². The van der Waals surface area contributed by atoms with Crippen LogP contribution in [0, 0.1) is 0 Å². The van der Waals surface area contributed by atoms with Crippen LogP contribution in [0.4, 0.5) is 17.5 Å². The highest BCUT2D eigenvalue weighted by atomic mass is 31.2. The third-order valence-electron chi connectivity index (χ3n) is 5.90. The molecule has 0 radical (unpaired) electrons. The van der Waals surface area contributed by atoms with E-state index in [9.17, 15) is 9.59 Å². The number of para-hydroxylation sites is 1. The van der Waals surface area contributed by atoms with Crippen molar-refractivity contribution in [2.45, 2.75) is 40.3 Å². The molecule has 2 unspecified atom stereocenters. The summed E-state index contributed by atoms with van der Waals surface area (Å²) in [4.78, 5) is 43.7. The molecular formula is C30H39N8O5P. The Bertz CT molecular complexity index is 1510. The molecule has 0 bridgehead atoms. The Labute approximate surface area is 258 Å². The third-order valence-corrected chi connectivity index (χ3v) is 7.45. The molecule has 0 aliphatic carbocycles. The number of rotatable bonds is 13. The van der Waals surface area contributed by atoms with Crippen molar-refractivity contribution in [3.8, 4) is 5.75 Å². The molecule has 234 valence electrons. The van der Waals surface area contributed by atoms with Gasteiger partial charge in [0.25, 0.3) is 5.91 Å². The highest BCUT2D eigenvalue weighted by Gasteiger charge is 2.23. The monoisotopic (exact) mass is 622 g/mol. The Morgan fingerprint density at radius 2 is 1.73 bits per heavy atom. The summed E-state index contributed by atoms with van der Waals surface area (Å²) in [5.41, 5.74) is 14.3. The summed E-state index contributed by atoms with van der Waals surface area (Å²) in [5, 5.41) is 2.89. The minimum atomic E-state index is -1.53. The van der Waals surface area contributed by atoms with Gasteiger partial charge in [0.2, 0.25) is 14.3 Å². The zero-order valence-electron chi connectivity index (χ0n) is 25.6. The molecular weight excluding hydrogens is 583 g/mol. The van der Waals surface area contributed by atoms with Crippen LogP contribution in [-0.2, 0) is 20.6 Å². The second-order valence-electron chi connectivity index (χ2n) is 9.12. The fourth-order valence-electron chi connectivity index (χ4n) is 3.82. The van der Waals surface area contributed by atoms with Crippen LogP contribution in [0.15, 0.2) is 60.8 Å². The Balaban J connectivity index is 0.00000259. The lowest BCUT2D eigenvalue weighted by molar-refractivity contribution is -0.150. The van der Waals surface area contributed by atoms with E-state index in [1.54, 1.807) is 44.3 Å². The summed E-state index contributed by atoms with van der Waals surface area (Å²) >= 11 is 0. The predicted molar refractivity (Wildman–Crippen MR) is 172 cm³/mol. The highest BCUT2D eigenvalue weighted by Crippen LogP contribution is 2.40. The van der Waals surface area contributed by atoms with E-state index in [1.165, 1.54) is 0 Å². The quantitative estimate of drug-likeness (QED) is 0.142. The molecule has 0 spiro atoms. The summed E-state index contributed by atoms with van der Waals surface area (Å²) in [6.07, 6.45) is 1.18. The maximum atomic E-state index is 12.8. The molecule has 0 saturated heterocycles. The van der Waals surface area contributed by atoms with Crippen LogP contribution >= 0.6 is 8.38 Å². The molecule has 2 heterocycles. The van der Waals surface area contributed by atoms with E-state index in [1.807, 2.05) is 56.1 Å². The zero-order valence-corrected chi connectivity index (χ0v) is 26.5. The summed E-state index contributed by atoms with van der Waals surface area (Å²) in [7, 11) is 0.371. The molecule has 1 amide bonds. The minimum Gasteiger partial charge on any atom is -0.464 e. The SMILES string of the molecule is CC.CCOC(=O)C(C)OP(CCNC(=O)c1ccc(N(C)Cc2cnc3nc(N)nc(N)c3n2)cc1)Oc1ccccc1. The van der Waals surface area contributed by atoms with Gasteiger partial charge in [0, 0.05) is 31.0 Å². The van der Waals surface area contributed by atoms with Crippen LogP contribution in [0.2, 0.25) is 0 Å². The van der Waals surface area contributed by atoms with E-state index in [0.717, 1.165) is 5.69 Å². The van der Waals surface area contributed by atoms with Gasteiger partial charge in [-0.05, 0) is 50.2 Å². The molecule has 5 N–H and O–H groups in total. The fourth-order valence-corrected chi connectivity index (χ4v) is 5.15. The van der Waals surface area contributed by atoms with Crippen molar-refractivity contribution in [2.24, 2.45) is 0 Å². The zero-order chi connectivity index (χ0) is 32.1. The molecule has 4 rings (SSSR count). The standard InChI is InChI=1S/C28H33N8O5P.C2H6/c1-4-39-27(38)18(2)40-42(41-22-8-6-5-7-9-22)15-14-31-26(37)19-10-12-21(13-11-19)36(3)17-20-16-32-25-23(33-20)24(29)34-28(30)35-25;1-2/h5-13,16,18H,4,14-15,17H2,1-3H3,(H,31,37)(H4,29,30,32,34,35);1-2H3. The normalized spacial score (nSPS) is 11.9. The first-order valence-corrected chi connectivity index (χ1v) is 15.6. The Hall–Kier alpha value is -4.61. The fraction of sp³-hybridized carbons (Fsp3) is 0.333. The maximum Gasteiger partial charge on any atom is 0.335 e. The van der Waals surface area contributed by atoms with E-state index in [2.05, 4.69) is 25.3 Å². The molecule has 2 aromatic heterocycles. The molecule has 0 fully saturated rings. The van der Waals surface area contributed by atoms with E-state index in [0.29, 0.717) is 40.9 Å². The van der Waals surface area contributed by atoms with Crippen LogP contribution in [0.5, 0.6) is 5.75 Å². The van der Waals surface area contributed by atoms with E-state index in [4.69, 9.17) is 25.3 Å². The number of nitrogens with zero attached hydrogens (tertiary/aromatic N) is 5. The summed E-state index contributed by atoms with van der Waals surface area (Å²) in [5.74, 6) is 0.117. The molecule has 0 aliphatic rings. The van der Waals surface area contributed by atoms with Crippen molar-refractivity contribution in [3.63, 3.8) is 0 Å². The summed E-state index contributed by atoms with van der Waals surface area (Å²) in [6, 6.07) is 16.3. The number of aromatic nitrogens is 4. The number of nitrogen functional groups attached to an aromatic ring is 2. The van der Waals surface area contributed by atoms with Crippen LogP contribution in [0.25, 0.3) is 11.2 Å². The highest BCUT2D eigenvalue weighted by molar-refractivity contribution is 7.47. The van der Waals surface area contributed by atoms with E-state index < -0.39 is 20.4 Å². The molecule has 44 heavy (non-hydrogen) atoms. The van der Waals surface area contributed by atoms with Crippen molar-refractivity contribution < 1.29 is 23.4 Å². The van der Waals surface area contributed by atoms with Gasteiger partial charge in [-0.2, -0.15) is 9.97 Å². The number of ether oxygens (including phenoxy) is 1. The second-order valence-corrected chi connectivity index (χ2v) is 10.6. The van der Waals surface area contributed by atoms with Crippen molar-refractivity contribution in [1.82, 2.24) is 25.3 Å². The number of esters is 1. The van der Waals surface area contributed by atoms with Crippen molar-refractivity contribution in [1.29, 1.82) is 0 Å². The van der Waals surface area contributed by atoms with Crippen molar-refractivity contribution in [3.05, 3.63) is 72.1 Å². The van der Waals surface area contributed by atoms with Crippen LogP contribution < -0.4 is 26.2 Å². The number of fused-ring (bicyclic) bond motifs is 1. The number of carbonyl (C=O) groups excluding carboxylic acids is 2. The van der Waals surface area contributed by atoms with Gasteiger partial charge in [-0.1, -0.05) is 32.0 Å². The smallest absolute Gasteiger partial charge is 0.335 e. The van der Waals surface area contributed by atoms with Crippen molar-refractivity contribution >= 4 is 48.9 Å². The van der Waals surface area contributed by atoms with Gasteiger partial charge in [0.05, 0.1) is 25.0 Å². The van der Waals surface area contributed by atoms with Crippen LogP contribution in [-0.4, -0.2) is 64.3 Å². The van der Waals surface area contributed by atoms with Gasteiger partial charge in [0.15, 0.2) is 23.1 Å². The summed E-state index contributed by atoms with van der Waals surface area (Å²) < 4.78 is 16.9. The largest absolute Gasteiger partial charge is 0.464 e. The van der Waals surface area contributed by atoms with Gasteiger partial charge >= 0.3 is 5.97 Å². The molecule has 14 heteroatoms. The molecule has 2 atom stereocenters. The van der Waals surface area contributed by atoms with E-state index in [-0.39, 0.29) is 30.8 Å². The predicted octanol–water partition coefficient (Wildman–Crippen LogP) is 4.34. The first-order chi connectivity index (χ1) is 21.2. The topological polar surface area (TPSA) is 181 Å². The maximum absolute atomic E-state index is 12.8. The van der Waals surface area contributed by atoms with E-state index >= 15 is 0 Å². The second kappa shape index (κ2) is 16.9. The van der Waals surface area contributed by atoms with Crippen LogP contribution in [0.1, 0.15) is 43.7 Å². The molecule has 0 aliphatic heterocycles. The minimum absolute atomic E-state index is 0.0431. The number of hydrogen-bond donors (Lipinski definition) is 3. The van der Waals surface area contributed by atoms with Gasteiger partial charge in [0.1, 0.15) is 5.75 Å². The van der Waals surface area contributed by atoms with Gasteiger partial charge in [-0.15, -0.1) is 0 Å². The first-order valence-electron chi connectivity index (χ1n) is 14.2. The average Bonchev–Trinajstić information content (AvgIpc) is 3.02. The number of hydrogen-bond acceptors (Lipinski definition) is 12.